The van der Waals surface area contributed by atoms with Gasteiger partial charge in [-0.25, -0.2) is 9.18 Å². The van der Waals surface area contributed by atoms with Gasteiger partial charge < -0.3 is 10.4 Å². The fourth-order valence-electron chi connectivity index (χ4n) is 7.35. The van der Waals surface area contributed by atoms with E-state index in [0.717, 1.165) is 36.0 Å². The Hall–Kier alpha value is -3.46. The minimum atomic E-state index is -1.01. The molecule has 2 fully saturated rings. The van der Waals surface area contributed by atoms with E-state index in [1.165, 1.54) is 0 Å². The number of carbonyl (C=O) groups excluding carboxylic acids is 1. The van der Waals surface area contributed by atoms with Crippen molar-refractivity contribution in [3.05, 3.63) is 92.8 Å². The zero-order chi connectivity index (χ0) is 28.6. The molecule has 1 saturated carbocycles. The van der Waals surface area contributed by atoms with E-state index in [-0.39, 0.29) is 22.7 Å². The highest BCUT2D eigenvalue weighted by Crippen LogP contribution is 2.62. The Balaban J connectivity index is 1.50. The van der Waals surface area contributed by atoms with E-state index in [9.17, 15) is 14.7 Å². The summed E-state index contributed by atoms with van der Waals surface area (Å²) in [6, 6.07) is 15.3. The summed E-state index contributed by atoms with van der Waals surface area (Å²) in [7, 11) is 0. The van der Waals surface area contributed by atoms with Gasteiger partial charge in [0.25, 0.3) is 0 Å². The molecule has 1 aliphatic carbocycles. The summed E-state index contributed by atoms with van der Waals surface area (Å²) in [6.45, 7) is 2.93. The standard InChI is InChI=1S/C31H27Cl2FN4O3/c1-31(21-10-8-18(32)12-24(21)35-15-39)27(20-3-2-4-22(33)28(20)34)29-26(37(31)14-16-5-6-16)13-25-19-9-7-17(30(40)41)11-23(19)36-38(25)29/h2-4,7-12,15-16,26-27,29H,5-6,13-14H2,1H3,(H,35,39)(H,40,41)/t26-,27-,29+,31+/m0/s1. The van der Waals surface area contributed by atoms with Crippen LogP contribution in [-0.2, 0) is 16.8 Å². The summed E-state index contributed by atoms with van der Waals surface area (Å²) < 4.78 is 18.1. The summed E-state index contributed by atoms with van der Waals surface area (Å²) in [4.78, 5) is 25.9. The highest BCUT2D eigenvalue weighted by Gasteiger charge is 2.62. The van der Waals surface area contributed by atoms with Crippen LogP contribution in [0, 0.1) is 11.7 Å². The molecule has 0 bridgehead atoms. The molecule has 7 nitrogen and oxygen atoms in total. The molecule has 3 aromatic carbocycles. The Morgan fingerprint density at radius 2 is 2.00 bits per heavy atom. The first-order valence-electron chi connectivity index (χ1n) is 13.7. The molecule has 1 saturated heterocycles. The van der Waals surface area contributed by atoms with Crippen LogP contribution in [0.4, 0.5) is 10.1 Å². The number of nitrogens with zero attached hydrogens (tertiary/aromatic N) is 3. The van der Waals surface area contributed by atoms with Crippen molar-refractivity contribution in [2.75, 3.05) is 11.9 Å². The summed E-state index contributed by atoms with van der Waals surface area (Å²) in [5, 5.41) is 18.8. The fraction of sp³-hybridized carbons (Fsp3) is 0.323. The number of carbonyl (C=O) groups is 2. The Kier molecular flexibility index (Phi) is 6.15. The number of aromatic carboxylic acids is 1. The molecule has 0 radical (unpaired) electrons. The maximum Gasteiger partial charge on any atom is 0.335 e. The molecule has 4 aromatic rings. The minimum Gasteiger partial charge on any atom is -0.478 e. The average molecular weight is 593 g/mol. The molecule has 2 aliphatic heterocycles. The number of amides is 1. The van der Waals surface area contributed by atoms with Crippen LogP contribution >= 0.6 is 23.2 Å². The first-order valence-corrected chi connectivity index (χ1v) is 14.4. The Labute approximate surface area is 245 Å². The van der Waals surface area contributed by atoms with Crippen molar-refractivity contribution >= 4 is 52.2 Å². The van der Waals surface area contributed by atoms with Crippen molar-refractivity contribution in [3.8, 4) is 0 Å². The molecule has 41 heavy (non-hydrogen) atoms. The Bertz CT molecular complexity index is 1740. The molecule has 2 N–H and O–H groups in total. The molecule has 4 atom stereocenters. The largest absolute Gasteiger partial charge is 0.478 e. The van der Waals surface area contributed by atoms with Gasteiger partial charge in [-0.15, -0.1) is 0 Å². The Morgan fingerprint density at radius 3 is 2.73 bits per heavy atom. The number of carboxylic acid groups (broad SMARTS) is 1. The lowest BCUT2D eigenvalue weighted by molar-refractivity contribution is -0.105. The molecular weight excluding hydrogens is 566 g/mol. The third-order valence-corrected chi connectivity index (χ3v) is 9.81. The highest BCUT2D eigenvalue weighted by atomic mass is 35.5. The summed E-state index contributed by atoms with van der Waals surface area (Å²) in [6.07, 6.45) is 3.56. The lowest BCUT2D eigenvalue weighted by Gasteiger charge is -2.43. The molecule has 3 heterocycles. The molecule has 10 heteroatoms. The third kappa shape index (κ3) is 3.99. The van der Waals surface area contributed by atoms with E-state index in [0.29, 0.717) is 40.5 Å². The van der Waals surface area contributed by atoms with E-state index in [1.807, 2.05) is 16.8 Å². The normalized spacial score (nSPS) is 25.3. The van der Waals surface area contributed by atoms with Crippen molar-refractivity contribution in [2.24, 2.45) is 5.92 Å². The van der Waals surface area contributed by atoms with Crippen LogP contribution in [0.25, 0.3) is 10.9 Å². The number of aromatic nitrogens is 2. The highest BCUT2D eigenvalue weighted by molar-refractivity contribution is 6.31. The van der Waals surface area contributed by atoms with Crippen molar-refractivity contribution in [2.45, 2.75) is 49.7 Å². The number of hydrogen-bond donors (Lipinski definition) is 2. The quantitative estimate of drug-likeness (QED) is 0.235. The number of nitrogens with one attached hydrogen (secondary N) is 1. The van der Waals surface area contributed by atoms with Crippen molar-refractivity contribution in [3.63, 3.8) is 0 Å². The number of halogens is 3. The smallest absolute Gasteiger partial charge is 0.335 e. The maximum absolute atomic E-state index is 16.1. The van der Waals surface area contributed by atoms with Crippen molar-refractivity contribution in [1.82, 2.24) is 14.7 Å². The van der Waals surface area contributed by atoms with Crippen LogP contribution in [0.5, 0.6) is 0 Å². The van der Waals surface area contributed by atoms with Crippen LogP contribution in [0.1, 0.15) is 58.9 Å². The third-order valence-electron chi connectivity index (χ3n) is 9.28. The van der Waals surface area contributed by atoms with Gasteiger partial charge in [-0.05, 0) is 67.1 Å². The van der Waals surface area contributed by atoms with E-state index in [2.05, 4.69) is 17.1 Å². The van der Waals surface area contributed by atoms with Gasteiger partial charge in [-0.2, -0.15) is 5.10 Å². The summed E-state index contributed by atoms with van der Waals surface area (Å²) in [5.41, 5.74) is 2.87. The van der Waals surface area contributed by atoms with Crippen LogP contribution in [-0.4, -0.2) is 44.8 Å². The minimum absolute atomic E-state index is 0.0187. The molecule has 7 rings (SSSR count). The fourth-order valence-corrected chi connectivity index (χ4v) is 7.70. The van der Waals surface area contributed by atoms with Gasteiger partial charge in [0.05, 0.1) is 27.7 Å². The van der Waals surface area contributed by atoms with Gasteiger partial charge in [-0.3, -0.25) is 14.4 Å². The molecule has 210 valence electrons. The van der Waals surface area contributed by atoms with Gasteiger partial charge in [0.15, 0.2) is 0 Å². The molecule has 1 aromatic heterocycles. The van der Waals surface area contributed by atoms with E-state index >= 15 is 4.39 Å². The van der Waals surface area contributed by atoms with Gasteiger partial charge in [0.2, 0.25) is 6.41 Å². The summed E-state index contributed by atoms with van der Waals surface area (Å²) in [5.74, 6) is -1.42. The number of anilines is 1. The zero-order valence-electron chi connectivity index (χ0n) is 22.2. The van der Waals surface area contributed by atoms with Crippen LogP contribution < -0.4 is 5.32 Å². The van der Waals surface area contributed by atoms with Crippen LogP contribution in [0.3, 0.4) is 0 Å². The van der Waals surface area contributed by atoms with Gasteiger partial charge in [0.1, 0.15) is 5.82 Å². The topological polar surface area (TPSA) is 87.5 Å². The zero-order valence-corrected chi connectivity index (χ0v) is 23.7. The lowest BCUT2D eigenvalue weighted by atomic mass is 9.73. The molecule has 0 unspecified atom stereocenters. The second kappa shape index (κ2) is 9.54. The summed E-state index contributed by atoms with van der Waals surface area (Å²) >= 11 is 12.8. The Morgan fingerprint density at radius 1 is 1.20 bits per heavy atom. The molecular formula is C31H27Cl2FN4O3. The lowest BCUT2D eigenvalue weighted by Crippen LogP contribution is -2.47. The number of fused-ring (bicyclic) bond motifs is 5. The molecule has 1 amide bonds. The van der Waals surface area contributed by atoms with E-state index < -0.39 is 23.2 Å². The average Bonchev–Trinajstić information content (AvgIpc) is 3.54. The number of carboxylic acids is 1. The SMILES string of the molecule is C[C@@]1(c2ccc(Cl)cc2NC=O)[C@@H](c2cccc(Cl)c2F)[C@H]2[C@H](Cc3c4ccc(C(=O)O)cc4nn32)N1CC1CC1. The maximum atomic E-state index is 16.1. The van der Waals surface area contributed by atoms with Crippen molar-refractivity contribution in [1.29, 1.82) is 0 Å². The van der Waals surface area contributed by atoms with Gasteiger partial charge in [0, 0.05) is 46.7 Å². The van der Waals surface area contributed by atoms with E-state index in [4.69, 9.17) is 28.3 Å². The second-order valence-corrected chi connectivity index (χ2v) is 12.4. The number of likely N-dealkylation sites (tertiary alicyclic amines) is 1. The van der Waals surface area contributed by atoms with E-state index in [1.54, 1.807) is 42.5 Å². The first kappa shape index (κ1) is 26.4. The molecule has 0 spiro atoms. The monoisotopic (exact) mass is 592 g/mol. The number of rotatable bonds is 7. The first-order chi connectivity index (χ1) is 19.7. The molecule has 3 aliphatic rings. The predicted octanol–water partition coefficient (Wildman–Crippen LogP) is 6.64. The van der Waals surface area contributed by atoms with Crippen LogP contribution in [0.15, 0.2) is 54.6 Å². The van der Waals surface area contributed by atoms with Gasteiger partial charge in [-0.1, -0.05) is 47.5 Å². The van der Waals surface area contributed by atoms with Crippen LogP contribution in [0.2, 0.25) is 10.0 Å². The number of hydrogen-bond acceptors (Lipinski definition) is 4. The second-order valence-electron chi connectivity index (χ2n) is 11.5. The number of benzene rings is 3. The van der Waals surface area contributed by atoms with Crippen molar-refractivity contribution < 1.29 is 19.1 Å². The predicted molar refractivity (Wildman–Crippen MR) is 155 cm³/mol. The van der Waals surface area contributed by atoms with Gasteiger partial charge >= 0.3 is 5.97 Å².